The number of nitrogens with zero attached hydrogens (tertiary/aromatic N) is 1. The Morgan fingerprint density at radius 2 is 1.88 bits per heavy atom. The predicted molar refractivity (Wildman–Crippen MR) is 93.7 cm³/mol. The van der Waals surface area contributed by atoms with Crippen LogP contribution in [-0.4, -0.2) is 25.0 Å². The summed E-state index contributed by atoms with van der Waals surface area (Å²) in [5.41, 5.74) is 1.68. The van der Waals surface area contributed by atoms with E-state index in [1.165, 1.54) is 11.0 Å². The Balaban J connectivity index is 1.57. The van der Waals surface area contributed by atoms with Crippen LogP contribution in [0.25, 0.3) is 0 Å². The number of anilines is 1. The highest BCUT2D eigenvalue weighted by Crippen LogP contribution is 2.30. The SMILES string of the molecule is O=C(CN1CCCc2cc(F)cc(F)c21)NC(=O)NCc1ccccc1. The van der Waals surface area contributed by atoms with Crippen LogP contribution in [0.5, 0.6) is 0 Å². The minimum atomic E-state index is -0.693. The third-order valence-corrected chi connectivity index (χ3v) is 4.18. The van der Waals surface area contributed by atoms with Crippen molar-refractivity contribution in [3.05, 3.63) is 65.2 Å². The first-order valence-corrected chi connectivity index (χ1v) is 8.37. The summed E-state index contributed by atoms with van der Waals surface area (Å²) >= 11 is 0. The average Bonchev–Trinajstić information content (AvgIpc) is 2.60. The molecule has 2 aromatic carbocycles. The molecule has 0 aromatic heterocycles. The van der Waals surface area contributed by atoms with Crippen molar-refractivity contribution in [2.75, 3.05) is 18.0 Å². The van der Waals surface area contributed by atoms with Gasteiger partial charge in [-0.1, -0.05) is 30.3 Å². The quantitative estimate of drug-likeness (QED) is 0.882. The van der Waals surface area contributed by atoms with Crippen LogP contribution in [0.4, 0.5) is 19.3 Å². The van der Waals surface area contributed by atoms with Gasteiger partial charge in [0.05, 0.1) is 12.2 Å². The monoisotopic (exact) mass is 359 g/mol. The van der Waals surface area contributed by atoms with Gasteiger partial charge in [0.1, 0.15) is 11.6 Å². The van der Waals surface area contributed by atoms with Crippen LogP contribution in [0.1, 0.15) is 17.5 Å². The van der Waals surface area contributed by atoms with Gasteiger partial charge in [0.2, 0.25) is 5.91 Å². The summed E-state index contributed by atoms with van der Waals surface area (Å²) in [4.78, 5) is 25.5. The van der Waals surface area contributed by atoms with Gasteiger partial charge in [0.15, 0.2) is 0 Å². The Morgan fingerprint density at radius 1 is 1.12 bits per heavy atom. The van der Waals surface area contributed by atoms with E-state index in [9.17, 15) is 18.4 Å². The number of imide groups is 1. The van der Waals surface area contributed by atoms with Gasteiger partial charge < -0.3 is 10.2 Å². The number of hydrogen-bond donors (Lipinski definition) is 2. The summed E-state index contributed by atoms with van der Waals surface area (Å²) in [7, 11) is 0. The molecule has 2 aromatic rings. The van der Waals surface area contributed by atoms with E-state index in [1.54, 1.807) is 0 Å². The molecule has 3 rings (SSSR count). The second kappa shape index (κ2) is 7.95. The molecule has 1 heterocycles. The van der Waals surface area contributed by atoms with Crippen molar-refractivity contribution in [2.24, 2.45) is 0 Å². The third kappa shape index (κ3) is 4.36. The van der Waals surface area contributed by atoms with E-state index in [0.29, 0.717) is 31.5 Å². The first-order valence-electron chi connectivity index (χ1n) is 8.37. The highest BCUT2D eigenvalue weighted by Gasteiger charge is 2.24. The summed E-state index contributed by atoms with van der Waals surface area (Å²) in [6, 6.07) is 10.8. The second-order valence-corrected chi connectivity index (χ2v) is 6.14. The first-order chi connectivity index (χ1) is 12.5. The number of nitrogens with one attached hydrogen (secondary N) is 2. The van der Waals surface area contributed by atoms with Crippen LogP contribution in [0.2, 0.25) is 0 Å². The number of hydrogen-bond acceptors (Lipinski definition) is 3. The first kappa shape index (κ1) is 17.8. The van der Waals surface area contributed by atoms with Gasteiger partial charge in [-0.2, -0.15) is 0 Å². The van der Waals surface area contributed by atoms with E-state index in [4.69, 9.17) is 0 Å². The zero-order valence-electron chi connectivity index (χ0n) is 14.1. The number of rotatable bonds is 4. The standard InChI is InChI=1S/C19H19F2N3O2/c20-15-9-14-7-4-8-24(18(14)16(21)10-15)12-17(25)23-19(26)22-11-13-5-2-1-3-6-13/h1-3,5-6,9-10H,4,7-8,11-12H2,(H2,22,23,25,26). The number of halogens is 2. The molecular weight excluding hydrogens is 340 g/mol. The van der Waals surface area contributed by atoms with Crippen molar-refractivity contribution < 1.29 is 18.4 Å². The lowest BCUT2D eigenvalue weighted by atomic mass is 10.0. The Bertz CT molecular complexity index is 812. The van der Waals surface area contributed by atoms with Gasteiger partial charge in [-0.05, 0) is 30.0 Å². The minimum Gasteiger partial charge on any atom is -0.360 e. The fourth-order valence-corrected chi connectivity index (χ4v) is 3.06. The fraction of sp³-hybridized carbons (Fsp3) is 0.263. The van der Waals surface area contributed by atoms with Crippen molar-refractivity contribution in [1.82, 2.24) is 10.6 Å². The van der Waals surface area contributed by atoms with Crippen LogP contribution in [-0.2, 0) is 17.8 Å². The Labute approximate surface area is 150 Å². The van der Waals surface area contributed by atoms with Crippen LogP contribution < -0.4 is 15.5 Å². The minimum absolute atomic E-state index is 0.172. The van der Waals surface area contributed by atoms with Gasteiger partial charge in [-0.3, -0.25) is 10.1 Å². The molecule has 26 heavy (non-hydrogen) atoms. The maximum absolute atomic E-state index is 14.1. The molecule has 5 nitrogen and oxygen atoms in total. The Kier molecular flexibility index (Phi) is 5.46. The molecule has 0 radical (unpaired) electrons. The average molecular weight is 359 g/mol. The molecule has 0 bridgehead atoms. The van der Waals surface area contributed by atoms with Gasteiger partial charge in [0.25, 0.3) is 0 Å². The van der Waals surface area contributed by atoms with Crippen LogP contribution in [0, 0.1) is 11.6 Å². The van der Waals surface area contributed by atoms with Crippen LogP contribution in [0.3, 0.4) is 0 Å². The van der Waals surface area contributed by atoms with E-state index >= 15 is 0 Å². The number of carbonyl (C=O) groups excluding carboxylic acids is 2. The normalized spacial score (nSPS) is 13.1. The molecule has 136 valence electrons. The van der Waals surface area contributed by atoms with E-state index < -0.39 is 23.6 Å². The highest BCUT2D eigenvalue weighted by atomic mass is 19.1. The molecule has 0 aliphatic carbocycles. The molecule has 0 unspecified atom stereocenters. The number of urea groups is 1. The van der Waals surface area contributed by atoms with E-state index in [1.807, 2.05) is 30.3 Å². The van der Waals surface area contributed by atoms with Crippen molar-refractivity contribution in [3.63, 3.8) is 0 Å². The maximum Gasteiger partial charge on any atom is 0.321 e. The van der Waals surface area contributed by atoms with Crippen molar-refractivity contribution in [2.45, 2.75) is 19.4 Å². The number of benzene rings is 2. The Morgan fingerprint density at radius 3 is 2.65 bits per heavy atom. The maximum atomic E-state index is 14.1. The molecule has 1 aliphatic rings. The number of aryl methyl sites for hydroxylation is 1. The fourth-order valence-electron chi connectivity index (χ4n) is 3.06. The van der Waals surface area contributed by atoms with Gasteiger partial charge in [-0.15, -0.1) is 0 Å². The van der Waals surface area contributed by atoms with E-state index in [0.717, 1.165) is 11.6 Å². The zero-order valence-corrected chi connectivity index (χ0v) is 14.1. The molecule has 0 spiro atoms. The molecule has 1 aliphatic heterocycles. The topological polar surface area (TPSA) is 61.4 Å². The number of carbonyl (C=O) groups is 2. The molecule has 0 atom stereocenters. The summed E-state index contributed by atoms with van der Waals surface area (Å²) in [5.74, 6) is -1.87. The van der Waals surface area contributed by atoms with Gasteiger partial charge >= 0.3 is 6.03 Å². The van der Waals surface area contributed by atoms with Crippen molar-refractivity contribution in [3.8, 4) is 0 Å². The molecule has 0 saturated heterocycles. The summed E-state index contributed by atoms with van der Waals surface area (Å²) in [6.45, 7) is 0.587. The summed E-state index contributed by atoms with van der Waals surface area (Å²) < 4.78 is 27.5. The smallest absolute Gasteiger partial charge is 0.321 e. The summed E-state index contributed by atoms with van der Waals surface area (Å²) in [5, 5.41) is 4.82. The van der Waals surface area contributed by atoms with Crippen LogP contribution >= 0.6 is 0 Å². The second-order valence-electron chi connectivity index (χ2n) is 6.14. The molecular formula is C19H19F2N3O2. The number of fused-ring (bicyclic) bond motifs is 1. The lowest BCUT2D eigenvalue weighted by molar-refractivity contribution is -0.118. The Hall–Kier alpha value is -2.96. The molecule has 3 amide bonds. The van der Waals surface area contributed by atoms with Crippen molar-refractivity contribution >= 4 is 17.6 Å². The predicted octanol–water partition coefficient (Wildman–Crippen LogP) is 2.74. The molecule has 0 fully saturated rings. The van der Waals surface area contributed by atoms with Gasteiger partial charge in [-0.25, -0.2) is 13.6 Å². The number of amides is 3. The molecule has 2 N–H and O–H groups in total. The van der Waals surface area contributed by atoms with E-state index in [-0.39, 0.29) is 12.2 Å². The highest BCUT2D eigenvalue weighted by molar-refractivity contribution is 5.96. The van der Waals surface area contributed by atoms with Crippen molar-refractivity contribution in [1.29, 1.82) is 0 Å². The lowest BCUT2D eigenvalue weighted by Gasteiger charge is -2.31. The molecule has 0 saturated carbocycles. The van der Waals surface area contributed by atoms with E-state index in [2.05, 4.69) is 10.6 Å². The summed E-state index contributed by atoms with van der Waals surface area (Å²) in [6.07, 6.45) is 1.24. The van der Waals surface area contributed by atoms with Gasteiger partial charge in [0, 0.05) is 19.2 Å². The molecule has 7 heteroatoms. The van der Waals surface area contributed by atoms with Crippen LogP contribution in [0.15, 0.2) is 42.5 Å². The largest absolute Gasteiger partial charge is 0.360 e. The zero-order chi connectivity index (χ0) is 18.5. The lowest BCUT2D eigenvalue weighted by Crippen LogP contribution is -2.45. The third-order valence-electron chi connectivity index (χ3n) is 4.18.